The second-order valence-electron chi connectivity index (χ2n) is 6.70. The second-order valence-corrected chi connectivity index (χ2v) is 7.14. The number of pyridine rings is 1. The number of benzene rings is 2. The summed E-state index contributed by atoms with van der Waals surface area (Å²) in [6, 6.07) is 21.9. The van der Waals surface area contributed by atoms with Crippen LogP contribution < -0.4 is 16.0 Å². The number of amides is 1. The average Bonchev–Trinajstić information content (AvgIpc) is 2.81. The van der Waals surface area contributed by atoms with Crippen molar-refractivity contribution in [3.05, 3.63) is 102 Å². The van der Waals surface area contributed by atoms with Gasteiger partial charge in [-0.05, 0) is 60.2 Å². The normalized spacial score (nSPS) is 10.7. The zero-order valence-electron chi connectivity index (χ0n) is 16.9. The predicted molar refractivity (Wildman–Crippen MR) is 128 cm³/mol. The summed E-state index contributed by atoms with van der Waals surface area (Å²) in [5.74, 6) is 1.72. The Kier molecular flexibility index (Phi) is 6.69. The number of carbonyl (C=O) groups is 1. The van der Waals surface area contributed by atoms with E-state index in [1.54, 1.807) is 30.5 Å². The van der Waals surface area contributed by atoms with Crippen molar-refractivity contribution in [2.75, 3.05) is 16.0 Å². The lowest BCUT2D eigenvalue weighted by atomic mass is 10.2. The molecule has 2 aromatic heterocycles. The first kappa shape index (κ1) is 21.0. The molecule has 0 bridgehead atoms. The molecule has 0 radical (unpaired) electrons. The van der Waals surface area contributed by atoms with Crippen LogP contribution in [-0.4, -0.2) is 20.9 Å². The number of nitrogens with zero attached hydrogens (tertiary/aromatic N) is 3. The second kappa shape index (κ2) is 10.2. The van der Waals surface area contributed by atoms with Crippen molar-refractivity contribution in [3.63, 3.8) is 0 Å². The van der Waals surface area contributed by atoms with Crippen LogP contribution in [0.5, 0.6) is 0 Å². The van der Waals surface area contributed by atoms with Crippen LogP contribution in [0, 0.1) is 0 Å². The van der Waals surface area contributed by atoms with Gasteiger partial charge in [0.25, 0.3) is 0 Å². The van der Waals surface area contributed by atoms with Crippen molar-refractivity contribution in [3.8, 4) is 0 Å². The molecule has 7 nitrogen and oxygen atoms in total. The summed E-state index contributed by atoms with van der Waals surface area (Å²) in [5, 5.41) is 9.82. The van der Waals surface area contributed by atoms with E-state index >= 15 is 0 Å². The Balaban J connectivity index is 1.34. The van der Waals surface area contributed by atoms with Crippen LogP contribution in [0.25, 0.3) is 6.08 Å². The van der Waals surface area contributed by atoms with Crippen LogP contribution in [0.15, 0.2) is 91.4 Å². The highest BCUT2D eigenvalue weighted by Gasteiger charge is 2.03. The van der Waals surface area contributed by atoms with Gasteiger partial charge in [-0.15, -0.1) is 0 Å². The van der Waals surface area contributed by atoms with Crippen LogP contribution in [0.2, 0.25) is 5.02 Å². The number of rotatable bonds is 7. The Morgan fingerprint density at radius 1 is 0.781 bits per heavy atom. The maximum Gasteiger partial charge on any atom is 0.248 e. The molecule has 32 heavy (non-hydrogen) atoms. The smallest absolute Gasteiger partial charge is 0.248 e. The Morgan fingerprint density at radius 2 is 1.50 bits per heavy atom. The van der Waals surface area contributed by atoms with E-state index in [0.29, 0.717) is 28.2 Å². The van der Waals surface area contributed by atoms with Gasteiger partial charge in [0.1, 0.15) is 23.8 Å². The molecule has 4 aromatic rings. The fourth-order valence-corrected chi connectivity index (χ4v) is 2.90. The first-order chi connectivity index (χ1) is 15.6. The monoisotopic (exact) mass is 442 g/mol. The molecule has 0 unspecified atom stereocenters. The third-order valence-corrected chi connectivity index (χ3v) is 4.56. The molecule has 0 aliphatic rings. The summed E-state index contributed by atoms with van der Waals surface area (Å²) in [6.45, 7) is 0. The van der Waals surface area contributed by atoms with Crippen LogP contribution in [-0.2, 0) is 4.79 Å². The molecule has 0 spiro atoms. The van der Waals surface area contributed by atoms with Gasteiger partial charge in [-0.25, -0.2) is 15.0 Å². The van der Waals surface area contributed by atoms with Crippen LogP contribution in [0.4, 0.5) is 28.8 Å². The highest BCUT2D eigenvalue weighted by molar-refractivity contribution is 6.30. The lowest BCUT2D eigenvalue weighted by Gasteiger charge is -2.09. The van der Waals surface area contributed by atoms with Gasteiger partial charge in [0.2, 0.25) is 5.91 Å². The SMILES string of the molecule is O=C(/C=C/c1ccc(Cl)cc1)Nc1ccc(Nc2cc(Nc3ccccn3)ncn2)cc1. The molecule has 158 valence electrons. The third-order valence-electron chi connectivity index (χ3n) is 4.31. The van der Waals surface area contributed by atoms with Crippen molar-refractivity contribution < 1.29 is 4.79 Å². The first-order valence-corrected chi connectivity index (χ1v) is 10.1. The Bertz CT molecular complexity index is 1210. The van der Waals surface area contributed by atoms with E-state index in [1.165, 1.54) is 12.4 Å². The lowest BCUT2D eigenvalue weighted by Crippen LogP contribution is -2.07. The van der Waals surface area contributed by atoms with Crippen molar-refractivity contribution in [2.45, 2.75) is 0 Å². The topological polar surface area (TPSA) is 91.8 Å². The molecule has 0 atom stereocenters. The fraction of sp³-hybridized carbons (Fsp3) is 0. The highest BCUT2D eigenvalue weighted by atomic mass is 35.5. The third kappa shape index (κ3) is 6.13. The molecule has 0 aliphatic heterocycles. The molecular formula is C24H19ClN6O. The number of carbonyl (C=O) groups excluding carboxylic acids is 1. The van der Waals surface area contributed by atoms with Gasteiger partial charge in [-0.1, -0.05) is 29.8 Å². The minimum Gasteiger partial charge on any atom is -0.340 e. The van der Waals surface area contributed by atoms with Gasteiger partial charge in [-0.3, -0.25) is 4.79 Å². The maximum atomic E-state index is 12.1. The zero-order valence-corrected chi connectivity index (χ0v) is 17.6. The summed E-state index contributed by atoms with van der Waals surface area (Å²) in [4.78, 5) is 24.8. The summed E-state index contributed by atoms with van der Waals surface area (Å²) >= 11 is 5.86. The maximum absolute atomic E-state index is 12.1. The Morgan fingerprint density at radius 3 is 2.22 bits per heavy atom. The number of nitrogens with one attached hydrogen (secondary N) is 3. The minimum absolute atomic E-state index is 0.221. The molecule has 0 aliphatic carbocycles. The van der Waals surface area contributed by atoms with Crippen LogP contribution in [0.3, 0.4) is 0 Å². The Labute approximate surface area is 190 Å². The van der Waals surface area contributed by atoms with Crippen molar-refractivity contribution >= 4 is 52.4 Å². The molecule has 0 saturated heterocycles. The largest absolute Gasteiger partial charge is 0.340 e. The van der Waals surface area contributed by atoms with E-state index in [4.69, 9.17) is 11.6 Å². The summed E-state index contributed by atoms with van der Waals surface area (Å²) in [5.41, 5.74) is 2.40. The van der Waals surface area contributed by atoms with Gasteiger partial charge >= 0.3 is 0 Å². The molecule has 2 aromatic carbocycles. The van der Waals surface area contributed by atoms with Crippen LogP contribution >= 0.6 is 11.6 Å². The number of hydrogen-bond acceptors (Lipinski definition) is 6. The molecular weight excluding hydrogens is 424 g/mol. The van der Waals surface area contributed by atoms with Gasteiger partial charge in [-0.2, -0.15) is 0 Å². The van der Waals surface area contributed by atoms with Crippen molar-refractivity contribution in [2.24, 2.45) is 0 Å². The quantitative estimate of drug-likeness (QED) is 0.320. The standard InChI is InChI=1S/C24H19ClN6O/c25-18-7-4-17(5-8-18)6-13-24(32)30-20-11-9-19(10-12-20)29-22-15-23(28-16-27-22)31-21-3-1-2-14-26-21/h1-16H,(H,30,32)(H2,26,27,28,29,31)/b13-6+. The summed E-state index contributed by atoms with van der Waals surface area (Å²) < 4.78 is 0. The van der Waals surface area contributed by atoms with E-state index in [9.17, 15) is 4.79 Å². The van der Waals surface area contributed by atoms with Gasteiger partial charge < -0.3 is 16.0 Å². The van der Waals surface area contributed by atoms with Gasteiger partial charge in [0, 0.05) is 34.7 Å². The van der Waals surface area contributed by atoms with E-state index in [-0.39, 0.29) is 5.91 Å². The van der Waals surface area contributed by atoms with Crippen molar-refractivity contribution in [1.29, 1.82) is 0 Å². The Hall–Kier alpha value is -4.23. The van der Waals surface area contributed by atoms with Crippen LogP contribution in [0.1, 0.15) is 5.56 Å². The van der Waals surface area contributed by atoms with Gasteiger partial charge in [0.15, 0.2) is 0 Å². The predicted octanol–water partition coefficient (Wildman–Crippen LogP) is 5.66. The zero-order chi connectivity index (χ0) is 22.2. The van der Waals surface area contributed by atoms with E-state index in [0.717, 1.165) is 11.3 Å². The lowest BCUT2D eigenvalue weighted by molar-refractivity contribution is -0.111. The number of hydrogen-bond donors (Lipinski definition) is 3. The molecule has 0 fully saturated rings. The van der Waals surface area contributed by atoms with E-state index < -0.39 is 0 Å². The average molecular weight is 443 g/mol. The molecule has 8 heteroatoms. The summed E-state index contributed by atoms with van der Waals surface area (Å²) in [7, 11) is 0. The van der Waals surface area contributed by atoms with E-state index in [1.807, 2.05) is 54.6 Å². The summed E-state index contributed by atoms with van der Waals surface area (Å²) in [6.07, 6.45) is 6.38. The molecule has 4 rings (SSSR count). The number of halogens is 1. The molecule has 2 heterocycles. The molecule has 3 N–H and O–H groups in total. The highest BCUT2D eigenvalue weighted by Crippen LogP contribution is 2.20. The fourth-order valence-electron chi connectivity index (χ4n) is 2.78. The molecule has 0 saturated carbocycles. The number of anilines is 5. The first-order valence-electron chi connectivity index (χ1n) is 9.76. The molecule has 1 amide bonds. The van der Waals surface area contributed by atoms with Crippen molar-refractivity contribution in [1.82, 2.24) is 15.0 Å². The van der Waals surface area contributed by atoms with E-state index in [2.05, 4.69) is 30.9 Å². The minimum atomic E-state index is -0.221. The van der Waals surface area contributed by atoms with Gasteiger partial charge in [0.05, 0.1) is 0 Å². The number of aromatic nitrogens is 3.